The third-order valence-electron chi connectivity index (χ3n) is 7.48. The molecule has 2 amide bonds. The molecule has 1 fully saturated rings. The maximum Gasteiger partial charge on any atom is 0.259 e. The number of carbonyl (C=O) groups excluding carboxylic acids is 2. The maximum absolute atomic E-state index is 14.4. The number of hydrogen-bond donors (Lipinski definition) is 1. The van der Waals surface area contributed by atoms with Crippen LogP contribution in [0.2, 0.25) is 0 Å². The van der Waals surface area contributed by atoms with Crippen molar-refractivity contribution >= 4 is 17.5 Å². The van der Waals surface area contributed by atoms with Crippen molar-refractivity contribution in [3.8, 4) is 17.2 Å². The van der Waals surface area contributed by atoms with E-state index in [1.54, 1.807) is 30.2 Å². The molecule has 1 unspecified atom stereocenters. The molecule has 0 radical (unpaired) electrons. The van der Waals surface area contributed by atoms with Crippen LogP contribution in [0.15, 0.2) is 60.7 Å². The first-order valence-electron chi connectivity index (χ1n) is 13.2. The first kappa shape index (κ1) is 25.6. The van der Waals surface area contributed by atoms with E-state index in [0.29, 0.717) is 47.3 Å². The summed E-state index contributed by atoms with van der Waals surface area (Å²) in [7, 11) is 1.60. The maximum atomic E-state index is 14.4. The van der Waals surface area contributed by atoms with Gasteiger partial charge in [0.05, 0.1) is 7.11 Å². The van der Waals surface area contributed by atoms with Crippen molar-refractivity contribution in [1.82, 2.24) is 5.32 Å². The zero-order valence-corrected chi connectivity index (χ0v) is 22.2. The van der Waals surface area contributed by atoms with E-state index >= 15 is 0 Å². The van der Waals surface area contributed by atoms with Gasteiger partial charge in [-0.3, -0.25) is 14.5 Å². The number of hydrogen-bond acceptors (Lipinski definition) is 5. The van der Waals surface area contributed by atoms with E-state index in [9.17, 15) is 9.59 Å². The zero-order valence-electron chi connectivity index (χ0n) is 22.2. The Morgan fingerprint density at radius 2 is 1.66 bits per heavy atom. The molecule has 0 aromatic heterocycles. The minimum absolute atomic E-state index is 0.105. The van der Waals surface area contributed by atoms with E-state index in [0.717, 1.165) is 36.8 Å². The number of methoxy groups -OCH3 is 1. The summed E-state index contributed by atoms with van der Waals surface area (Å²) in [6, 6.07) is 17.6. The Labute approximate surface area is 223 Å². The number of aryl methyl sites for hydroxylation is 1. The fourth-order valence-electron chi connectivity index (χ4n) is 5.23. The lowest BCUT2D eigenvalue weighted by atomic mass is 9.98. The summed E-state index contributed by atoms with van der Waals surface area (Å²) in [6.07, 6.45) is 4.07. The lowest BCUT2D eigenvalue weighted by Crippen LogP contribution is -2.46. The van der Waals surface area contributed by atoms with Crippen LogP contribution in [0.5, 0.6) is 17.2 Å². The SMILES string of the molecule is COc1ccc(C(C(=O)NC2CCCC2)N(C(=O)c2ccc3c(c2)OCCO3)c2cccc(C)c2C)cc1. The van der Waals surface area contributed by atoms with E-state index in [1.807, 2.05) is 56.3 Å². The molecule has 7 nitrogen and oxygen atoms in total. The van der Waals surface area contributed by atoms with E-state index < -0.39 is 6.04 Å². The highest BCUT2D eigenvalue weighted by Gasteiger charge is 2.36. The second-order valence-electron chi connectivity index (χ2n) is 9.92. The van der Waals surface area contributed by atoms with Crippen molar-refractivity contribution in [1.29, 1.82) is 0 Å². The van der Waals surface area contributed by atoms with E-state index in [4.69, 9.17) is 14.2 Å². The van der Waals surface area contributed by atoms with Gasteiger partial charge in [0.15, 0.2) is 11.5 Å². The Hall–Kier alpha value is -4.00. The average Bonchev–Trinajstić information content (AvgIpc) is 3.46. The number of amides is 2. The Kier molecular flexibility index (Phi) is 7.54. The number of ether oxygens (including phenoxy) is 3. The van der Waals surface area contributed by atoms with Crippen LogP contribution in [-0.2, 0) is 4.79 Å². The number of nitrogens with one attached hydrogen (secondary N) is 1. The van der Waals surface area contributed by atoms with Crippen molar-refractivity contribution < 1.29 is 23.8 Å². The third kappa shape index (κ3) is 5.19. The molecule has 0 bridgehead atoms. The van der Waals surface area contributed by atoms with Crippen molar-refractivity contribution in [3.05, 3.63) is 82.9 Å². The number of fused-ring (bicyclic) bond motifs is 1. The van der Waals surface area contributed by atoms with Crippen LogP contribution < -0.4 is 24.4 Å². The summed E-state index contributed by atoms with van der Waals surface area (Å²) in [4.78, 5) is 30.1. The number of nitrogens with zero attached hydrogens (tertiary/aromatic N) is 1. The molecule has 1 saturated carbocycles. The van der Waals surface area contributed by atoms with Crippen LogP contribution in [-0.4, -0.2) is 38.2 Å². The summed E-state index contributed by atoms with van der Waals surface area (Å²) < 4.78 is 16.8. The first-order valence-corrected chi connectivity index (χ1v) is 13.2. The van der Waals surface area contributed by atoms with Gasteiger partial charge in [-0.05, 0) is 79.8 Å². The molecule has 1 N–H and O–H groups in total. The summed E-state index contributed by atoms with van der Waals surface area (Å²) in [5, 5.41) is 3.24. The smallest absolute Gasteiger partial charge is 0.259 e. The van der Waals surface area contributed by atoms with Gasteiger partial charge in [0, 0.05) is 17.3 Å². The standard InChI is InChI=1S/C31H34N2O5/c1-20-7-6-10-26(21(20)2)33(31(35)23-13-16-27-28(19-23)38-18-17-37-27)29(22-11-14-25(36-3)15-12-22)30(34)32-24-8-4-5-9-24/h6-7,10-16,19,24,29H,4-5,8-9,17-18H2,1-3H3,(H,32,34). The van der Waals surface area contributed by atoms with Crippen molar-refractivity contribution in [2.45, 2.75) is 51.6 Å². The van der Waals surface area contributed by atoms with Gasteiger partial charge >= 0.3 is 0 Å². The van der Waals surface area contributed by atoms with E-state index in [2.05, 4.69) is 5.32 Å². The van der Waals surface area contributed by atoms with Crippen LogP contribution in [0.1, 0.15) is 58.8 Å². The summed E-state index contributed by atoms with van der Waals surface area (Å²) in [5.41, 5.74) is 3.78. The predicted molar refractivity (Wildman–Crippen MR) is 146 cm³/mol. The highest BCUT2D eigenvalue weighted by Crippen LogP contribution is 2.36. The molecule has 5 rings (SSSR count). The van der Waals surface area contributed by atoms with E-state index in [-0.39, 0.29) is 17.9 Å². The van der Waals surface area contributed by atoms with Gasteiger partial charge in [0.1, 0.15) is 25.0 Å². The van der Waals surface area contributed by atoms with Crippen molar-refractivity contribution in [2.75, 3.05) is 25.2 Å². The Morgan fingerprint density at radius 1 is 0.947 bits per heavy atom. The van der Waals surface area contributed by atoms with Gasteiger partial charge in [-0.1, -0.05) is 37.1 Å². The molecule has 0 saturated heterocycles. The zero-order chi connectivity index (χ0) is 26.6. The highest BCUT2D eigenvalue weighted by molar-refractivity contribution is 6.11. The molecule has 3 aromatic carbocycles. The van der Waals surface area contributed by atoms with Crippen LogP contribution in [0, 0.1) is 13.8 Å². The highest BCUT2D eigenvalue weighted by atomic mass is 16.6. The molecular weight excluding hydrogens is 480 g/mol. The normalized spacial score (nSPS) is 15.6. The fourth-order valence-corrected chi connectivity index (χ4v) is 5.23. The molecular formula is C31H34N2O5. The number of rotatable bonds is 7. The predicted octanol–water partition coefficient (Wildman–Crippen LogP) is 5.53. The molecule has 1 heterocycles. The van der Waals surface area contributed by atoms with E-state index in [1.165, 1.54) is 0 Å². The summed E-state index contributed by atoms with van der Waals surface area (Å²) in [5.74, 6) is 1.32. The minimum Gasteiger partial charge on any atom is -0.497 e. The van der Waals surface area contributed by atoms with Crippen LogP contribution in [0.25, 0.3) is 0 Å². The largest absolute Gasteiger partial charge is 0.497 e. The molecule has 0 spiro atoms. The molecule has 198 valence electrons. The van der Waals surface area contributed by atoms with Gasteiger partial charge in [0.25, 0.3) is 5.91 Å². The van der Waals surface area contributed by atoms with Gasteiger partial charge in [-0.25, -0.2) is 0 Å². The Morgan fingerprint density at radius 3 is 2.37 bits per heavy atom. The Balaban J connectivity index is 1.63. The van der Waals surface area contributed by atoms with Crippen molar-refractivity contribution in [2.24, 2.45) is 0 Å². The average molecular weight is 515 g/mol. The molecule has 1 atom stereocenters. The van der Waals surface area contributed by atoms with Gasteiger partial charge in [-0.2, -0.15) is 0 Å². The number of benzene rings is 3. The van der Waals surface area contributed by atoms with Crippen LogP contribution in [0.4, 0.5) is 5.69 Å². The first-order chi connectivity index (χ1) is 18.5. The monoisotopic (exact) mass is 514 g/mol. The molecule has 1 aliphatic heterocycles. The molecule has 2 aliphatic rings. The summed E-state index contributed by atoms with van der Waals surface area (Å²) >= 11 is 0. The van der Waals surface area contributed by atoms with Gasteiger partial charge in [0.2, 0.25) is 5.91 Å². The molecule has 7 heteroatoms. The van der Waals surface area contributed by atoms with Gasteiger partial charge < -0.3 is 19.5 Å². The Bertz CT molecular complexity index is 1310. The number of anilines is 1. The number of carbonyl (C=O) groups is 2. The van der Waals surface area contributed by atoms with Crippen LogP contribution in [0.3, 0.4) is 0 Å². The van der Waals surface area contributed by atoms with Gasteiger partial charge in [-0.15, -0.1) is 0 Å². The minimum atomic E-state index is -0.886. The second kappa shape index (κ2) is 11.2. The third-order valence-corrected chi connectivity index (χ3v) is 7.48. The van der Waals surface area contributed by atoms with Crippen molar-refractivity contribution in [3.63, 3.8) is 0 Å². The molecule has 38 heavy (non-hydrogen) atoms. The molecule has 3 aromatic rings. The second-order valence-corrected chi connectivity index (χ2v) is 9.92. The lowest BCUT2D eigenvalue weighted by molar-refractivity contribution is -0.123. The van der Waals surface area contributed by atoms with Crippen LogP contribution >= 0.6 is 0 Å². The lowest BCUT2D eigenvalue weighted by Gasteiger charge is -2.34. The quantitative estimate of drug-likeness (QED) is 0.449. The topological polar surface area (TPSA) is 77.1 Å². The molecule has 1 aliphatic carbocycles. The summed E-state index contributed by atoms with van der Waals surface area (Å²) in [6.45, 7) is 4.88. The fraction of sp³-hybridized carbons (Fsp3) is 0.355.